The number of methoxy groups -OCH3 is 1. The number of aromatic carboxylic acids is 1. The summed E-state index contributed by atoms with van der Waals surface area (Å²) < 4.78 is 47.3. The summed E-state index contributed by atoms with van der Waals surface area (Å²) in [6.45, 7) is 5.32. The minimum absolute atomic E-state index is 0.00956. The number of carbonyl (C=O) groups excluding carboxylic acids is 2. The lowest BCUT2D eigenvalue weighted by molar-refractivity contribution is 0.0602. The summed E-state index contributed by atoms with van der Waals surface area (Å²) in [5, 5.41) is 51.1. The number of nitriles is 3. The van der Waals surface area contributed by atoms with Crippen LogP contribution in [0.5, 0.6) is 0 Å². The molecule has 0 fully saturated rings. The predicted molar refractivity (Wildman–Crippen MR) is 356 cm³/mol. The lowest BCUT2D eigenvalue weighted by Gasteiger charge is -2.21. The number of hydrogen-bond donors (Lipinski definition) is 8. The first-order valence-corrected chi connectivity index (χ1v) is 29.3. The molecule has 27 nitrogen and oxygen atoms in total. The summed E-state index contributed by atoms with van der Waals surface area (Å²) in [6.07, 6.45) is 8.40. The Morgan fingerprint density at radius 2 is 0.806 bits per heavy atom. The molecule has 3 aromatic carbocycles. The number of pyridine rings is 6. The third kappa shape index (κ3) is 13.9. The molecular weight excluding hydrogens is 1260 g/mol. The lowest BCUT2D eigenvalue weighted by atomic mass is 9.94. The fourth-order valence-electron chi connectivity index (χ4n) is 10.6. The maximum absolute atomic E-state index is 14.1. The largest absolute Gasteiger partial charge is 0.478 e. The molecular formula is C68H53F3N22O5. The van der Waals surface area contributed by atoms with Gasteiger partial charge in [-0.3, -0.25) is 19.7 Å². The molecule has 9 heterocycles. The number of carbonyl (C=O) groups is 3. The second-order valence-corrected chi connectivity index (χ2v) is 21.1. The molecule has 12 rings (SSSR count). The number of amides is 1. The van der Waals surface area contributed by atoms with Crippen molar-refractivity contribution in [1.29, 1.82) is 15.8 Å². The highest BCUT2D eigenvalue weighted by molar-refractivity contribution is 6.13. The Hall–Kier alpha value is -14.0. The average Bonchev–Trinajstić information content (AvgIpc) is 0.762. The van der Waals surface area contributed by atoms with E-state index in [-0.39, 0.29) is 79.2 Å². The third-order valence-electron chi connectivity index (χ3n) is 15.0. The van der Waals surface area contributed by atoms with Crippen molar-refractivity contribution >= 4 is 85.5 Å². The predicted octanol–water partition coefficient (Wildman–Crippen LogP) is 10.4. The number of nitrogens with one attached hydrogen (secondary N) is 4. The number of esters is 1. The molecule has 11 N–H and O–H groups in total. The average molecular weight is 1320 g/mol. The van der Waals surface area contributed by atoms with Gasteiger partial charge in [0, 0.05) is 58.5 Å². The maximum Gasteiger partial charge on any atom is 0.339 e. The first-order valence-electron chi connectivity index (χ1n) is 29.3. The van der Waals surface area contributed by atoms with Crippen LogP contribution in [0.1, 0.15) is 104 Å². The van der Waals surface area contributed by atoms with Gasteiger partial charge in [-0.25, -0.2) is 67.6 Å². The molecule has 0 aliphatic carbocycles. The summed E-state index contributed by atoms with van der Waals surface area (Å²) in [5.41, 5.74) is 22.5. The van der Waals surface area contributed by atoms with Crippen LogP contribution in [-0.4, -0.2) is 96.9 Å². The van der Waals surface area contributed by atoms with Gasteiger partial charge in [0.25, 0.3) is 5.91 Å². The van der Waals surface area contributed by atoms with Crippen LogP contribution in [0.15, 0.2) is 147 Å². The van der Waals surface area contributed by atoms with Crippen LogP contribution in [0.4, 0.5) is 48.1 Å². The van der Waals surface area contributed by atoms with Crippen molar-refractivity contribution in [3.63, 3.8) is 0 Å². The molecule has 1 amide bonds. The van der Waals surface area contributed by atoms with Crippen LogP contribution in [-0.2, 0) is 4.74 Å². The summed E-state index contributed by atoms with van der Waals surface area (Å²) in [7, 11) is 2.75. The third-order valence-corrected chi connectivity index (χ3v) is 15.0. The van der Waals surface area contributed by atoms with Crippen molar-refractivity contribution in [2.75, 3.05) is 47.3 Å². The summed E-state index contributed by atoms with van der Waals surface area (Å²) in [5.74, 6) is -3.21. The van der Waals surface area contributed by atoms with Gasteiger partial charge in [-0.05, 0) is 112 Å². The minimum atomic E-state index is -1.25. The second kappa shape index (κ2) is 29.3. The Kier molecular flexibility index (Phi) is 20.0. The van der Waals surface area contributed by atoms with Crippen LogP contribution in [0, 0.1) is 51.4 Å². The monoisotopic (exact) mass is 1310 g/mol. The number of fused-ring (bicyclic) bond motifs is 3. The molecule has 0 aliphatic rings. The van der Waals surface area contributed by atoms with Crippen molar-refractivity contribution in [3.05, 3.63) is 215 Å². The van der Waals surface area contributed by atoms with E-state index in [2.05, 4.69) is 71.1 Å². The molecule has 1 unspecified atom stereocenters. The van der Waals surface area contributed by atoms with E-state index in [1.165, 1.54) is 87.9 Å². The van der Waals surface area contributed by atoms with Crippen LogP contribution in [0.2, 0.25) is 0 Å². The molecule has 0 saturated heterocycles. The molecule has 0 spiro atoms. The first kappa shape index (κ1) is 67.0. The van der Waals surface area contributed by atoms with Crippen LogP contribution < -0.4 is 38.5 Å². The number of ether oxygens (including phenoxy) is 1. The Morgan fingerprint density at radius 3 is 1.11 bits per heavy atom. The van der Waals surface area contributed by atoms with Crippen molar-refractivity contribution < 1.29 is 37.4 Å². The van der Waals surface area contributed by atoms with Crippen molar-refractivity contribution in [2.45, 2.75) is 38.9 Å². The van der Waals surface area contributed by atoms with Gasteiger partial charge in [0.1, 0.15) is 106 Å². The van der Waals surface area contributed by atoms with E-state index in [4.69, 9.17) is 31.9 Å². The standard InChI is InChI=1S/C23H19FN8O.C23H18FN7O2.C22H16FN7O2/c1-12(31-22-15(10-25)21(26)29-11-30-22)20-19(17-5-3-4-8-28-17)18(23(33)27-2)14-9-13(24)6-7-16(14)32-20;1-12(30-22-15(10-25)21(26)28-11-29-22)20-19(17-5-3-4-8-27-17)18(23(32)33-2)14-9-13(24)6-7-16(14)31-20;1-11(29-21-14(9-24)20(25)27-10-28-21)19-18(16-4-2-3-7-26-16)17(22(31)32)13-8-12(23)5-6-15(13)30-19/h3-9,11-12H,1-2H3,(H,27,33)(H3,26,29,30,31);3-9,11-12H,1-2H3,(H3,26,28,29,30);2-8,10-11H,1H3,(H,31,32)(H3,25,27,28,29)/t12-;;11-/m0.0/s1. The number of hydrogen-bond acceptors (Lipinski definition) is 25. The van der Waals surface area contributed by atoms with Gasteiger partial charge in [-0.1, -0.05) is 18.2 Å². The van der Waals surface area contributed by atoms with Gasteiger partial charge in [0.05, 0.1) is 92.6 Å². The van der Waals surface area contributed by atoms with E-state index < -0.39 is 53.4 Å². The number of halogens is 3. The molecule has 12 aromatic rings. The quantitative estimate of drug-likeness (QED) is 0.0442. The van der Waals surface area contributed by atoms with Crippen LogP contribution in [0.25, 0.3) is 66.5 Å². The molecule has 98 heavy (non-hydrogen) atoms. The molecule has 0 aliphatic heterocycles. The van der Waals surface area contributed by atoms with E-state index in [0.29, 0.717) is 72.6 Å². The molecule has 9 aromatic heterocycles. The van der Waals surface area contributed by atoms with Gasteiger partial charge < -0.3 is 48.3 Å². The molecule has 3 atom stereocenters. The Morgan fingerprint density at radius 1 is 0.480 bits per heavy atom. The number of anilines is 6. The maximum atomic E-state index is 14.1. The normalized spacial score (nSPS) is 11.6. The van der Waals surface area contributed by atoms with E-state index in [9.17, 15) is 48.4 Å². The number of nitrogen functional groups attached to an aromatic ring is 3. The van der Waals surface area contributed by atoms with Crippen molar-refractivity contribution in [2.24, 2.45) is 0 Å². The van der Waals surface area contributed by atoms with Crippen molar-refractivity contribution in [3.8, 4) is 52.0 Å². The van der Waals surface area contributed by atoms with Gasteiger partial charge in [0.15, 0.2) is 0 Å². The molecule has 0 saturated carbocycles. The van der Waals surface area contributed by atoms with Gasteiger partial charge in [-0.15, -0.1) is 0 Å². The number of carboxylic acids is 1. The number of aromatic nitrogens is 12. The first-order chi connectivity index (χ1) is 47.3. The molecule has 30 heteroatoms. The number of rotatable bonds is 15. The Balaban J connectivity index is 0.000000159. The zero-order valence-corrected chi connectivity index (χ0v) is 52.2. The topological polar surface area (TPSA) is 433 Å². The van der Waals surface area contributed by atoms with Gasteiger partial charge in [0.2, 0.25) is 0 Å². The van der Waals surface area contributed by atoms with Gasteiger partial charge in [-0.2, -0.15) is 15.8 Å². The fourth-order valence-corrected chi connectivity index (χ4v) is 10.6. The van der Waals surface area contributed by atoms with Crippen LogP contribution in [0.3, 0.4) is 0 Å². The number of carboxylic acid groups (broad SMARTS) is 1. The summed E-state index contributed by atoms with van der Waals surface area (Å²) in [6, 6.07) is 31.6. The summed E-state index contributed by atoms with van der Waals surface area (Å²) in [4.78, 5) is 89.2. The zero-order valence-electron chi connectivity index (χ0n) is 52.2. The van der Waals surface area contributed by atoms with Crippen molar-refractivity contribution in [1.82, 2.24) is 65.1 Å². The number of nitrogens with zero attached hydrogens (tertiary/aromatic N) is 15. The second-order valence-electron chi connectivity index (χ2n) is 21.1. The van der Waals surface area contributed by atoms with E-state index in [0.717, 1.165) is 6.07 Å². The highest BCUT2D eigenvalue weighted by atomic mass is 19.1. The Bertz CT molecular complexity index is 5000. The minimum Gasteiger partial charge on any atom is -0.478 e. The fraction of sp³-hybridized carbons (Fsp3) is 0.118. The zero-order chi connectivity index (χ0) is 69.9. The Labute approximate surface area is 554 Å². The highest BCUT2D eigenvalue weighted by Crippen LogP contribution is 2.40. The van der Waals surface area contributed by atoms with E-state index >= 15 is 0 Å². The lowest BCUT2D eigenvalue weighted by Crippen LogP contribution is -2.22. The van der Waals surface area contributed by atoms with Gasteiger partial charge >= 0.3 is 11.9 Å². The molecule has 486 valence electrons. The number of benzene rings is 3. The number of nitrogens with two attached hydrogens (primary N) is 3. The van der Waals surface area contributed by atoms with E-state index in [1.807, 2.05) is 18.2 Å². The summed E-state index contributed by atoms with van der Waals surface area (Å²) >= 11 is 0. The van der Waals surface area contributed by atoms with Crippen LogP contribution >= 0.6 is 0 Å². The highest BCUT2D eigenvalue weighted by Gasteiger charge is 2.31. The SMILES string of the molecule is CNC(=O)c1c(-c2ccccn2)c([C@H](C)Nc2ncnc(N)c2C#N)nc2ccc(F)cc12.COC(=O)c1c(-c2ccccn2)c(C(C)Nc2ncnc(N)c2C#N)nc2ccc(F)cc12.C[C@H](Nc1ncnc(N)c1C#N)c1nc2ccc(F)cc2c(C(=O)O)c1-c1ccccn1. The van der Waals surface area contributed by atoms with E-state index in [1.54, 1.807) is 87.8 Å². The molecule has 0 radical (unpaired) electrons. The molecule has 0 bridgehead atoms. The smallest absolute Gasteiger partial charge is 0.339 e.